The van der Waals surface area contributed by atoms with Gasteiger partial charge in [0.05, 0.1) is 5.56 Å². The van der Waals surface area contributed by atoms with Crippen LogP contribution in [0.5, 0.6) is 11.8 Å². The summed E-state index contributed by atoms with van der Waals surface area (Å²) < 4.78 is 5.66. The molecule has 1 amide bonds. The monoisotopic (exact) mass is 442 g/mol. The highest BCUT2D eigenvalue weighted by atomic mass is 32.2. The van der Waals surface area contributed by atoms with Gasteiger partial charge in [0, 0.05) is 29.2 Å². The van der Waals surface area contributed by atoms with Gasteiger partial charge in [0.25, 0.3) is 5.91 Å². The number of aryl methyl sites for hydroxylation is 3. The summed E-state index contributed by atoms with van der Waals surface area (Å²) in [6.07, 6.45) is 4.93. The predicted octanol–water partition coefficient (Wildman–Crippen LogP) is 5.99. The molecule has 0 aliphatic heterocycles. The van der Waals surface area contributed by atoms with E-state index in [1.54, 1.807) is 48.9 Å². The summed E-state index contributed by atoms with van der Waals surface area (Å²) in [6, 6.07) is 17.2. The first-order valence-electron chi connectivity index (χ1n) is 10.1. The number of rotatable bonds is 6. The van der Waals surface area contributed by atoms with E-state index in [0.717, 1.165) is 16.0 Å². The zero-order valence-corrected chi connectivity index (χ0v) is 18.8. The third-order valence-corrected chi connectivity index (χ3v) is 5.95. The zero-order chi connectivity index (χ0) is 22.5. The van der Waals surface area contributed by atoms with Gasteiger partial charge in [0.2, 0.25) is 0 Å². The standard InChI is InChI=1S/C25H22N4O2S/c1-16-7-10-22(18(3)14-16)32-24-20(6-4-11-26-24)23(30)29-21-9-8-19(15-17(21)2)31-25-27-12-5-13-28-25/h4-15H,1-3H3,(H,29,30). The molecule has 2 aromatic carbocycles. The lowest BCUT2D eigenvalue weighted by atomic mass is 10.1. The molecule has 0 radical (unpaired) electrons. The number of nitrogens with zero attached hydrogens (tertiary/aromatic N) is 3. The molecular weight excluding hydrogens is 420 g/mol. The molecule has 0 aliphatic carbocycles. The van der Waals surface area contributed by atoms with Crippen LogP contribution in [0.4, 0.5) is 5.69 Å². The van der Waals surface area contributed by atoms with Crippen molar-refractivity contribution in [1.29, 1.82) is 0 Å². The Morgan fingerprint density at radius 1 is 0.875 bits per heavy atom. The van der Waals surface area contributed by atoms with E-state index in [1.165, 1.54) is 17.3 Å². The van der Waals surface area contributed by atoms with Crippen molar-refractivity contribution in [3.8, 4) is 11.8 Å². The number of carbonyl (C=O) groups excluding carboxylic acids is 1. The van der Waals surface area contributed by atoms with Crippen LogP contribution < -0.4 is 10.1 Å². The molecule has 160 valence electrons. The summed E-state index contributed by atoms with van der Waals surface area (Å²) in [5.41, 5.74) is 4.44. The Balaban J connectivity index is 1.52. The van der Waals surface area contributed by atoms with Crippen LogP contribution in [0.3, 0.4) is 0 Å². The molecule has 0 fully saturated rings. The molecule has 0 bridgehead atoms. The largest absolute Gasteiger partial charge is 0.424 e. The van der Waals surface area contributed by atoms with Gasteiger partial charge in [-0.1, -0.05) is 29.5 Å². The van der Waals surface area contributed by atoms with Crippen molar-refractivity contribution in [3.05, 3.63) is 95.4 Å². The Hall–Kier alpha value is -3.71. The van der Waals surface area contributed by atoms with Crippen molar-refractivity contribution >= 4 is 23.4 Å². The summed E-state index contributed by atoms with van der Waals surface area (Å²) in [4.78, 5) is 26.7. The van der Waals surface area contributed by atoms with Crippen molar-refractivity contribution in [2.75, 3.05) is 5.32 Å². The van der Waals surface area contributed by atoms with E-state index in [2.05, 4.69) is 52.3 Å². The maximum atomic E-state index is 13.1. The van der Waals surface area contributed by atoms with Crippen LogP contribution >= 0.6 is 11.8 Å². The third-order valence-electron chi connectivity index (χ3n) is 4.75. The van der Waals surface area contributed by atoms with Crippen LogP contribution in [-0.4, -0.2) is 20.9 Å². The van der Waals surface area contributed by atoms with E-state index in [0.29, 0.717) is 22.0 Å². The van der Waals surface area contributed by atoms with Crippen molar-refractivity contribution in [2.45, 2.75) is 30.7 Å². The lowest BCUT2D eigenvalue weighted by Crippen LogP contribution is -2.14. The van der Waals surface area contributed by atoms with Crippen LogP contribution in [-0.2, 0) is 0 Å². The molecule has 4 aromatic rings. The lowest BCUT2D eigenvalue weighted by Gasteiger charge is -2.13. The van der Waals surface area contributed by atoms with Gasteiger partial charge in [-0.3, -0.25) is 4.79 Å². The smallest absolute Gasteiger partial charge is 0.321 e. The van der Waals surface area contributed by atoms with E-state index in [9.17, 15) is 4.79 Å². The van der Waals surface area contributed by atoms with Gasteiger partial charge in [0.15, 0.2) is 0 Å². The number of hydrogen-bond acceptors (Lipinski definition) is 6. The number of carbonyl (C=O) groups is 1. The fraction of sp³-hybridized carbons (Fsp3) is 0.120. The quantitative estimate of drug-likeness (QED) is 0.395. The SMILES string of the molecule is Cc1ccc(Sc2ncccc2C(=O)Nc2ccc(Oc3ncccn3)cc2C)c(C)c1. The molecular formula is C25H22N4O2S. The van der Waals surface area contributed by atoms with Crippen LogP contribution in [0.1, 0.15) is 27.0 Å². The molecule has 32 heavy (non-hydrogen) atoms. The Morgan fingerprint density at radius 2 is 1.66 bits per heavy atom. The van der Waals surface area contributed by atoms with Gasteiger partial charge in [-0.2, -0.15) is 0 Å². The highest BCUT2D eigenvalue weighted by molar-refractivity contribution is 7.99. The average molecular weight is 443 g/mol. The predicted molar refractivity (Wildman–Crippen MR) is 126 cm³/mol. The topological polar surface area (TPSA) is 77.0 Å². The van der Waals surface area contributed by atoms with Crippen LogP contribution in [0.25, 0.3) is 0 Å². The molecule has 0 saturated carbocycles. The van der Waals surface area contributed by atoms with Gasteiger partial charge in [-0.15, -0.1) is 0 Å². The number of aromatic nitrogens is 3. The Kier molecular flexibility index (Phi) is 6.47. The number of amides is 1. The molecule has 7 heteroatoms. The minimum atomic E-state index is -0.214. The summed E-state index contributed by atoms with van der Waals surface area (Å²) >= 11 is 1.49. The molecule has 0 spiro atoms. The molecule has 0 saturated heterocycles. The molecule has 0 atom stereocenters. The van der Waals surface area contributed by atoms with Crippen LogP contribution in [0.2, 0.25) is 0 Å². The van der Waals surface area contributed by atoms with Crippen LogP contribution in [0, 0.1) is 20.8 Å². The second-order valence-electron chi connectivity index (χ2n) is 7.29. The number of hydrogen-bond donors (Lipinski definition) is 1. The normalized spacial score (nSPS) is 10.6. The summed E-state index contributed by atoms with van der Waals surface area (Å²) in [5.74, 6) is 0.382. The summed E-state index contributed by atoms with van der Waals surface area (Å²) in [5, 5.41) is 3.65. The van der Waals surface area contributed by atoms with Crippen molar-refractivity contribution in [1.82, 2.24) is 15.0 Å². The van der Waals surface area contributed by atoms with Crippen molar-refractivity contribution < 1.29 is 9.53 Å². The van der Waals surface area contributed by atoms with Gasteiger partial charge >= 0.3 is 6.01 Å². The number of ether oxygens (including phenoxy) is 1. The van der Waals surface area contributed by atoms with E-state index in [-0.39, 0.29) is 11.9 Å². The number of anilines is 1. The second-order valence-corrected chi connectivity index (χ2v) is 8.32. The number of benzene rings is 2. The van der Waals surface area contributed by atoms with Gasteiger partial charge in [0.1, 0.15) is 10.8 Å². The average Bonchev–Trinajstić information content (AvgIpc) is 2.78. The Bertz CT molecular complexity index is 1260. The highest BCUT2D eigenvalue weighted by Crippen LogP contribution is 2.32. The van der Waals surface area contributed by atoms with Crippen LogP contribution in [0.15, 0.2) is 83.1 Å². The number of nitrogens with one attached hydrogen (secondary N) is 1. The Morgan fingerprint density at radius 3 is 2.41 bits per heavy atom. The first-order valence-corrected chi connectivity index (χ1v) is 10.9. The maximum absolute atomic E-state index is 13.1. The molecule has 0 aliphatic rings. The maximum Gasteiger partial charge on any atom is 0.321 e. The molecule has 1 N–H and O–H groups in total. The van der Waals surface area contributed by atoms with E-state index >= 15 is 0 Å². The first-order chi connectivity index (χ1) is 15.5. The van der Waals surface area contributed by atoms with Gasteiger partial charge in [-0.05, 0) is 74.4 Å². The summed E-state index contributed by atoms with van der Waals surface area (Å²) in [6.45, 7) is 6.03. The van der Waals surface area contributed by atoms with Crippen molar-refractivity contribution in [2.24, 2.45) is 0 Å². The van der Waals surface area contributed by atoms with Crippen molar-refractivity contribution in [3.63, 3.8) is 0 Å². The van der Waals surface area contributed by atoms with E-state index < -0.39 is 0 Å². The van der Waals surface area contributed by atoms with Gasteiger partial charge < -0.3 is 10.1 Å². The minimum Gasteiger partial charge on any atom is -0.424 e. The minimum absolute atomic E-state index is 0.214. The third kappa shape index (κ3) is 5.12. The molecule has 2 heterocycles. The first kappa shape index (κ1) is 21.5. The fourth-order valence-corrected chi connectivity index (χ4v) is 4.08. The lowest BCUT2D eigenvalue weighted by molar-refractivity contribution is 0.102. The molecule has 0 unspecified atom stereocenters. The Labute approximate surface area is 191 Å². The highest BCUT2D eigenvalue weighted by Gasteiger charge is 2.16. The zero-order valence-electron chi connectivity index (χ0n) is 18.0. The number of pyridine rings is 1. The second kappa shape index (κ2) is 9.62. The van der Waals surface area contributed by atoms with E-state index in [4.69, 9.17) is 4.74 Å². The molecule has 6 nitrogen and oxygen atoms in total. The molecule has 2 aromatic heterocycles. The van der Waals surface area contributed by atoms with Gasteiger partial charge in [-0.25, -0.2) is 15.0 Å². The molecule has 4 rings (SSSR count). The van der Waals surface area contributed by atoms with E-state index in [1.807, 2.05) is 13.0 Å². The summed E-state index contributed by atoms with van der Waals surface area (Å²) in [7, 11) is 0. The fourth-order valence-electron chi connectivity index (χ4n) is 3.14.